The van der Waals surface area contributed by atoms with Crippen LogP contribution in [0.5, 0.6) is 0 Å². The predicted molar refractivity (Wildman–Crippen MR) is 90.6 cm³/mol. The molecule has 0 amide bonds. The molecule has 0 spiro atoms. The predicted octanol–water partition coefficient (Wildman–Crippen LogP) is 1.85. The van der Waals surface area contributed by atoms with Crippen molar-refractivity contribution in [2.45, 2.75) is 19.4 Å². The molecule has 0 aliphatic heterocycles. The molecular weight excluding hydrogens is 270 g/mol. The molecule has 114 valence electrons. The molecule has 0 saturated carbocycles. The first-order valence-corrected chi connectivity index (χ1v) is 7.87. The van der Waals surface area contributed by atoms with Gasteiger partial charge >= 0.3 is 0 Å². The summed E-state index contributed by atoms with van der Waals surface area (Å²) in [5.41, 5.74) is 0.362. The first-order chi connectivity index (χ1) is 10.7. The third kappa shape index (κ3) is 3.76. The van der Waals surface area contributed by atoms with Gasteiger partial charge in [0.25, 0.3) is 0 Å². The molecule has 0 aromatic heterocycles. The van der Waals surface area contributed by atoms with Gasteiger partial charge in [0.2, 0.25) is 0 Å². The molecule has 0 aliphatic carbocycles. The second kappa shape index (κ2) is 7.79. The van der Waals surface area contributed by atoms with Crippen molar-refractivity contribution in [3.63, 3.8) is 0 Å². The van der Waals surface area contributed by atoms with E-state index >= 15 is 0 Å². The number of aliphatic hydroxyl groups is 1. The number of nitrogens with one attached hydrogen (secondary N) is 1. The topological polar surface area (TPSA) is 24.7 Å². The van der Waals surface area contributed by atoms with E-state index in [1.54, 1.807) is 0 Å². The fourth-order valence-corrected chi connectivity index (χ4v) is 2.47. The molecule has 0 atom stereocenters. The molecule has 2 rings (SSSR count). The van der Waals surface area contributed by atoms with E-state index in [-0.39, 0.29) is 0 Å². The van der Waals surface area contributed by atoms with Crippen LogP contribution in [0.2, 0.25) is 0 Å². The second-order valence-corrected chi connectivity index (χ2v) is 5.38. The summed E-state index contributed by atoms with van der Waals surface area (Å²) in [6.45, 7) is 7.14. The molecule has 0 radical (unpaired) electrons. The molecule has 0 bridgehead atoms. The minimum absolute atomic E-state index is 0.745. The van der Waals surface area contributed by atoms with Crippen LogP contribution in [0.3, 0.4) is 0 Å². The van der Waals surface area contributed by atoms with Gasteiger partial charge in [-0.05, 0) is 19.8 Å². The Morgan fingerprint density at radius 3 is 1.73 bits per heavy atom. The lowest BCUT2D eigenvalue weighted by molar-refractivity contribution is -0.889. The lowest BCUT2D eigenvalue weighted by Gasteiger charge is -2.23. The van der Waals surface area contributed by atoms with Gasteiger partial charge in [-0.3, -0.25) is 0 Å². The summed E-state index contributed by atoms with van der Waals surface area (Å²) in [7, 11) is 0. The Bertz CT molecular complexity index is 582. The Labute approximate surface area is 133 Å². The van der Waals surface area contributed by atoms with Crippen molar-refractivity contribution in [1.29, 1.82) is 0 Å². The van der Waals surface area contributed by atoms with E-state index in [1.807, 2.05) is 60.7 Å². The lowest BCUT2D eigenvalue weighted by Crippen LogP contribution is -3.11. The molecule has 2 nitrogen and oxygen atoms in total. The monoisotopic (exact) mass is 294 g/mol. The molecular formula is C20H24NO+. The molecule has 0 unspecified atom stereocenters. The van der Waals surface area contributed by atoms with Crippen LogP contribution in [0.1, 0.15) is 25.0 Å². The zero-order chi connectivity index (χ0) is 15.8. The summed E-state index contributed by atoms with van der Waals surface area (Å²) < 4.78 is 0. The van der Waals surface area contributed by atoms with Crippen LogP contribution in [-0.4, -0.2) is 24.7 Å². The SMILES string of the molecule is CC[NH+](CC)CC#CC(O)(c1ccccc1)c1ccccc1. The van der Waals surface area contributed by atoms with Gasteiger partial charge in [-0.2, -0.15) is 0 Å². The highest BCUT2D eigenvalue weighted by atomic mass is 16.3. The second-order valence-electron chi connectivity index (χ2n) is 5.38. The number of benzene rings is 2. The minimum atomic E-state index is -1.25. The third-order valence-corrected chi connectivity index (χ3v) is 3.99. The molecule has 22 heavy (non-hydrogen) atoms. The summed E-state index contributed by atoms with van der Waals surface area (Å²) in [5, 5.41) is 11.2. The van der Waals surface area contributed by atoms with Crippen LogP contribution >= 0.6 is 0 Å². The molecule has 0 aliphatic rings. The first-order valence-electron chi connectivity index (χ1n) is 7.87. The van der Waals surface area contributed by atoms with Crippen molar-refractivity contribution >= 4 is 0 Å². The Hall–Kier alpha value is -2.08. The largest absolute Gasteiger partial charge is 0.369 e. The van der Waals surface area contributed by atoms with Crippen LogP contribution < -0.4 is 4.90 Å². The van der Waals surface area contributed by atoms with Gasteiger partial charge in [-0.15, -0.1) is 0 Å². The average molecular weight is 294 g/mol. The van der Waals surface area contributed by atoms with Crippen molar-refractivity contribution in [3.05, 3.63) is 71.8 Å². The summed E-state index contributed by atoms with van der Waals surface area (Å²) in [6.07, 6.45) is 0. The highest BCUT2D eigenvalue weighted by molar-refractivity contribution is 5.44. The Morgan fingerprint density at radius 2 is 1.32 bits per heavy atom. The summed E-state index contributed by atoms with van der Waals surface area (Å²) in [5.74, 6) is 6.30. The van der Waals surface area contributed by atoms with Gasteiger partial charge < -0.3 is 10.0 Å². The highest BCUT2D eigenvalue weighted by Gasteiger charge is 2.29. The van der Waals surface area contributed by atoms with Crippen LogP contribution in [0, 0.1) is 11.8 Å². The van der Waals surface area contributed by atoms with Crippen LogP contribution in [0.15, 0.2) is 60.7 Å². The van der Waals surface area contributed by atoms with E-state index in [0.29, 0.717) is 0 Å². The van der Waals surface area contributed by atoms with E-state index in [4.69, 9.17) is 0 Å². The van der Waals surface area contributed by atoms with Gasteiger partial charge in [0.1, 0.15) is 6.54 Å². The van der Waals surface area contributed by atoms with Crippen molar-refractivity contribution in [1.82, 2.24) is 0 Å². The maximum absolute atomic E-state index is 11.2. The summed E-state index contributed by atoms with van der Waals surface area (Å²) in [4.78, 5) is 1.41. The van der Waals surface area contributed by atoms with Gasteiger partial charge in [-0.1, -0.05) is 66.6 Å². The maximum Gasteiger partial charge on any atom is 0.177 e. The normalized spacial score (nSPS) is 11.1. The van der Waals surface area contributed by atoms with E-state index in [2.05, 4.69) is 25.7 Å². The molecule has 2 aromatic rings. The quantitative estimate of drug-likeness (QED) is 0.808. The van der Waals surface area contributed by atoms with Crippen molar-refractivity contribution < 1.29 is 10.0 Å². The van der Waals surface area contributed by atoms with Gasteiger partial charge in [0, 0.05) is 11.1 Å². The molecule has 2 aromatic carbocycles. The Balaban J connectivity index is 2.38. The standard InChI is InChI=1S/C20H23NO/c1-3-21(4-2)17-11-16-20(22,18-12-7-5-8-13-18)19-14-9-6-10-15-19/h5-10,12-15,22H,3-4,17H2,1-2H3/p+1. The van der Waals surface area contributed by atoms with Gasteiger partial charge in [0.15, 0.2) is 5.60 Å². The lowest BCUT2D eigenvalue weighted by atomic mass is 9.87. The zero-order valence-corrected chi connectivity index (χ0v) is 13.3. The van der Waals surface area contributed by atoms with Crippen molar-refractivity contribution in [2.75, 3.05) is 19.6 Å². The minimum Gasteiger partial charge on any atom is -0.369 e. The maximum atomic E-state index is 11.2. The number of hydrogen-bond acceptors (Lipinski definition) is 1. The fraction of sp³-hybridized carbons (Fsp3) is 0.300. The molecule has 0 heterocycles. The van der Waals surface area contributed by atoms with E-state index in [9.17, 15) is 5.11 Å². The number of hydrogen-bond donors (Lipinski definition) is 2. The van der Waals surface area contributed by atoms with Gasteiger partial charge in [-0.25, -0.2) is 0 Å². The first kappa shape index (κ1) is 16.3. The Kier molecular flexibility index (Phi) is 5.77. The fourth-order valence-electron chi connectivity index (χ4n) is 2.47. The number of rotatable bonds is 5. The number of quaternary nitrogens is 1. The van der Waals surface area contributed by atoms with Crippen molar-refractivity contribution in [2.24, 2.45) is 0 Å². The summed E-state index contributed by atoms with van der Waals surface area (Å²) >= 11 is 0. The van der Waals surface area contributed by atoms with Gasteiger partial charge in [0.05, 0.1) is 13.1 Å². The van der Waals surface area contributed by atoms with Crippen LogP contribution in [0.4, 0.5) is 0 Å². The molecule has 0 fully saturated rings. The highest BCUT2D eigenvalue weighted by Crippen LogP contribution is 2.28. The van der Waals surface area contributed by atoms with Crippen LogP contribution in [0.25, 0.3) is 0 Å². The van der Waals surface area contributed by atoms with Crippen LogP contribution in [-0.2, 0) is 5.60 Å². The average Bonchev–Trinajstić information content (AvgIpc) is 2.60. The molecule has 2 heteroatoms. The van der Waals surface area contributed by atoms with E-state index in [1.165, 1.54) is 4.90 Å². The van der Waals surface area contributed by atoms with E-state index < -0.39 is 5.60 Å². The zero-order valence-electron chi connectivity index (χ0n) is 13.3. The smallest absolute Gasteiger partial charge is 0.177 e. The Morgan fingerprint density at radius 1 is 0.864 bits per heavy atom. The third-order valence-electron chi connectivity index (χ3n) is 3.99. The molecule has 2 N–H and O–H groups in total. The van der Waals surface area contributed by atoms with E-state index in [0.717, 1.165) is 30.8 Å². The molecule has 0 saturated heterocycles. The summed E-state index contributed by atoms with van der Waals surface area (Å²) in [6, 6.07) is 19.3. The van der Waals surface area contributed by atoms with Crippen molar-refractivity contribution in [3.8, 4) is 11.8 Å².